The number of nitrogens with two attached hydrogens (primary N) is 2. The number of rotatable bonds is 7. The molecule has 114 valence electrons. The monoisotopic (exact) mass is 309 g/mol. The lowest BCUT2D eigenvalue weighted by Gasteiger charge is -2.03. The van der Waals surface area contributed by atoms with Crippen molar-refractivity contribution in [2.45, 2.75) is 13.0 Å². The summed E-state index contributed by atoms with van der Waals surface area (Å²) >= 11 is 1.40. The molecule has 5 N–H and O–H groups in total. The van der Waals surface area contributed by atoms with E-state index in [-0.39, 0.29) is 0 Å². The zero-order chi connectivity index (χ0) is 15.1. The van der Waals surface area contributed by atoms with Crippen LogP contribution in [0.3, 0.4) is 0 Å². The fourth-order valence-electron chi connectivity index (χ4n) is 1.63. The van der Waals surface area contributed by atoms with E-state index in [0.717, 1.165) is 17.9 Å². The molecule has 0 saturated carbocycles. The van der Waals surface area contributed by atoms with Crippen molar-refractivity contribution in [1.82, 2.24) is 10.3 Å². The molecule has 2 aromatic heterocycles. The zero-order valence-corrected chi connectivity index (χ0v) is 12.7. The fourth-order valence-corrected chi connectivity index (χ4v) is 2.32. The summed E-state index contributed by atoms with van der Waals surface area (Å²) in [6.07, 6.45) is 0.865. The maximum atomic E-state index is 5.79. The molecule has 0 aromatic carbocycles. The van der Waals surface area contributed by atoms with Crippen molar-refractivity contribution in [2.75, 3.05) is 20.3 Å². The molecule has 0 fully saturated rings. The Kier molecular flexibility index (Phi) is 5.73. The molecule has 2 heterocycles. The highest BCUT2D eigenvalue weighted by Gasteiger charge is 2.08. The molecule has 21 heavy (non-hydrogen) atoms. The van der Waals surface area contributed by atoms with Gasteiger partial charge in [-0.1, -0.05) is 0 Å². The van der Waals surface area contributed by atoms with Crippen LogP contribution in [-0.4, -0.2) is 31.2 Å². The summed E-state index contributed by atoms with van der Waals surface area (Å²) in [6.45, 7) is 1.76. The van der Waals surface area contributed by atoms with Gasteiger partial charge in [-0.05, 0) is 18.6 Å². The van der Waals surface area contributed by atoms with Crippen molar-refractivity contribution in [2.24, 2.45) is 16.5 Å². The first kappa shape index (κ1) is 15.5. The Morgan fingerprint density at radius 1 is 1.52 bits per heavy atom. The lowest BCUT2D eigenvalue weighted by atomic mass is 10.3. The average Bonchev–Trinajstić information content (AvgIpc) is 3.12. The predicted molar refractivity (Wildman–Crippen MR) is 83.5 cm³/mol. The van der Waals surface area contributed by atoms with Crippen molar-refractivity contribution in [3.63, 3.8) is 0 Å². The molecule has 0 aliphatic heterocycles. The molecule has 0 aliphatic rings. The van der Waals surface area contributed by atoms with E-state index in [9.17, 15) is 0 Å². The van der Waals surface area contributed by atoms with Gasteiger partial charge in [0.05, 0.1) is 6.54 Å². The maximum Gasteiger partial charge on any atom is 0.212 e. The second-order valence-electron chi connectivity index (χ2n) is 4.26. The summed E-state index contributed by atoms with van der Waals surface area (Å²) in [5, 5.41) is 5.45. The Balaban J connectivity index is 1.95. The Hall–Kier alpha value is -1.90. The van der Waals surface area contributed by atoms with Crippen molar-refractivity contribution in [3.8, 4) is 11.5 Å². The fraction of sp³-hybridized carbons (Fsp3) is 0.385. The van der Waals surface area contributed by atoms with E-state index in [0.29, 0.717) is 36.5 Å². The number of ether oxygens (including phenoxy) is 1. The van der Waals surface area contributed by atoms with Gasteiger partial charge in [-0.15, -0.1) is 11.3 Å². The van der Waals surface area contributed by atoms with Gasteiger partial charge in [0.25, 0.3) is 0 Å². The van der Waals surface area contributed by atoms with E-state index in [1.54, 1.807) is 7.11 Å². The number of aromatic nitrogens is 1. The second kappa shape index (κ2) is 7.77. The molecule has 0 amide bonds. The molecule has 0 saturated heterocycles. The van der Waals surface area contributed by atoms with E-state index < -0.39 is 0 Å². The molecule has 0 aliphatic carbocycles. The zero-order valence-electron chi connectivity index (χ0n) is 11.8. The van der Waals surface area contributed by atoms with Gasteiger partial charge in [0.15, 0.2) is 11.7 Å². The van der Waals surface area contributed by atoms with Crippen LogP contribution in [0.4, 0.5) is 5.13 Å². The van der Waals surface area contributed by atoms with Gasteiger partial charge >= 0.3 is 0 Å². The Morgan fingerprint density at radius 2 is 2.38 bits per heavy atom. The molecule has 0 radical (unpaired) electrons. The number of aliphatic imine (C=N–C) groups is 1. The topological polar surface area (TPSA) is 112 Å². The first-order valence-corrected chi connectivity index (χ1v) is 7.42. The van der Waals surface area contributed by atoms with Crippen LogP contribution in [0.1, 0.15) is 12.2 Å². The van der Waals surface area contributed by atoms with E-state index in [1.165, 1.54) is 11.3 Å². The van der Waals surface area contributed by atoms with Crippen LogP contribution in [0, 0.1) is 0 Å². The number of furan rings is 1. The van der Waals surface area contributed by atoms with Crippen LogP contribution in [-0.2, 0) is 11.3 Å². The summed E-state index contributed by atoms with van der Waals surface area (Å²) in [4.78, 5) is 8.58. The normalized spacial score (nSPS) is 11.8. The highest BCUT2D eigenvalue weighted by atomic mass is 32.1. The van der Waals surface area contributed by atoms with Crippen molar-refractivity contribution in [3.05, 3.63) is 23.3 Å². The maximum absolute atomic E-state index is 5.79. The van der Waals surface area contributed by atoms with Gasteiger partial charge in [-0.3, -0.25) is 0 Å². The minimum atomic E-state index is 0.342. The number of nitrogens with one attached hydrogen (secondary N) is 1. The van der Waals surface area contributed by atoms with Crippen LogP contribution in [0.5, 0.6) is 0 Å². The molecule has 2 rings (SSSR count). The van der Waals surface area contributed by atoms with Crippen LogP contribution in [0.25, 0.3) is 11.5 Å². The van der Waals surface area contributed by atoms with Crippen molar-refractivity contribution < 1.29 is 9.15 Å². The third-order valence-electron chi connectivity index (χ3n) is 2.65. The molecule has 2 aromatic rings. The largest absolute Gasteiger partial charge is 0.458 e. The Bertz CT molecular complexity index is 593. The lowest BCUT2D eigenvalue weighted by Crippen LogP contribution is -2.32. The molecular formula is C13H19N5O2S. The van der Waals surface area contributed by atoms with Gasteiger partial charge in [0, 0.05) is 25.6 Å². The van der Waals surface area contributed by atoms with E-state index in [1.807, 2.05) is 17.5 Å². The molecule has 7 nitrogen and oxygen atoms in total. The van der Waals surface area contributed by atoms with E-state index >= 15 is 0 Å². The summed E-state index contributed by atoms with van der Waals surface area (Å²) < 4.78 is 10.5. The first-order chi connectivity index (χ1) is 10.2. The molecule has 8 heteroatoms. The molecule has 0 spiro atoms. The smallest absolute Gasteiger partial charge is 0.212 e. The van der Waals surface area contributed by atoms with Crippen LogP contribution in [0.2, 0.25) is 0 Å². The Morgan fingerprint density at radius 3 is 3.10 bits per heavy atom. The van der Waals surface area contributed by atoms with Gasteiger partial charge in [-0.25, -0.2) is 4.98 Å². The average molecular weight is 309 g/mol. The summed E-state index contributed by atoms with van der Waals surface area (Å²) in [7, 11) is 1.67. The van der Waals surface area contributed by atoms with Crippen molar-refractivity contribution >= 4 is 22.4 Å². The summed E-state index contributed by atoms with van der Waals surface area (Å²) in [5.41, 5.74) is 12.0. The van der Waals surface area contributed by atoms with Crippen LogP contribution >= 0.6 is 11.3 Å². The highest BCUT2D eigenvalue weighted by molar-refractivity contribution is 7.13. The Labute approximate surface area is 127 Å². The molecule has 0 atom stereocenters. The highest BCUT2D eigenvalue weighted by Crippen LogP contribution is 2.27. The minimum Gasteiger partial charge on any atom is -0.458 e. The quantitative estimate of drug-likeness (QED) is 0.405. The van der Waals surface area contributed by atoms with E-state index in [2.05, 4.69) is 15.3 Å². The summed E-state index contributed by atoms with van der Waals surface area (Å²) in [5.74, 6) is 1.75. The second-order valence-corrected chi connectivity index (χ2v) is 5.09. The van der Waals surface area contributed by atoms with Crippen molar-refractivity contribution in [1.29, 1.82) is 0 Å². The van der Waals surface area contributed by atoms with Gasteiger partial charge in [-0.2, -0.15) is 4.99 Å². The summed E-state index contributed by atoms with van der Waals surface area (Å²) in [6, 6.07) is 3.68. The number of thiazole rings is 1. The standard InChI is InChI=1S/C13H19N5O2S/c1-19-6-2-5-16-12(15)18-13-17-10(8-21-13)11-4-3-9(7-14)20-11/h3-4,8H,2,5-7,14H2,1H3,(H3,15,16,17,18). The number of methoxy groups -OCH3 is 1. The number of hydrogen-bond donors (Lipinski definition) is 3. The lowest BCUT2D eigenvalue weighted by molar-refractivity contribution is 0.195. The van der Waals surface area contributed by atoms with Crippen LogP contribution in [0.15, 0.2) is 26.9 Å². The van der Waals surface area contributed by atoms with E-state index in [4.69, 9.17) is 20.6 Å². The molecular weight excluding hydrogens is 290 g/mol. The number of nitrogens with zero attached hydrogens (tertiary/aromatic N) is 2. The minimum absolute atomic E-state index is 0.342. The first-order valence-electron chi connectivity index (χ1n) is 6.54. The SMILES string of the molecule is COCCCN/C(N)=N/c1nc(-c2ccc(CN)o2)cs1. The number of guanidine groups is 1. The van der Waals surface area contributed by atoms with Crippen LogP contribution < -0.4 is 16.8 Å². The number of hydrogen-bond acceptors (Lipinski definition) is 6. The van der Waals surface area contributed by atoms with Gasteiger partial charge in [0.1, 0.15) is 11.5 Å². The predicted octanol–water partition coefficient (Wildman–Crippen LogP) is 1.43. The molecule has 0 unspecified atom stereocenters. The molecule has 0 bridgehead atoms. The van der Waals surface area contributed by atoms with Gasteiger partial charge < -0.3 is 25.9 Å². The third kappa shape index (κ3) is 4.55. The third-order valence-corrected chi connectivity index (χ3v) is 3.39. The van der Waals surface area contributed by atoms with Gasteiger partial charge in [0.2, 0.25) is 5.13 Å².